The second-order valence-electron chi connectivity index (χ2n) is 11.2. The maximum Gasteiger partial charge on any atom is 0.338 e. The minimum atomic E-state index is -0.696. The number of cyclic esters (lactones) is 2. The molecule has 1 aromatic carbocycles. The summed E-state index contributed by atoms with van der Waals surface area (Å²) in [5.41, 5.74) is 4.03. The number of aliphatic hydroxyl groups is 1. The van der Waals surface area contributed by atoms with E-state index in [9.17, 15) is 19.5 Å². The first-order valence-electron chi connectivity index (χ1n) is 12.8. The minimum absolute atomic E-state index is 0.119. The van der Waals surface area contributed by atoms with Crippen LogP contribution < -0.4 is 0 Å². The van der Waals surface area contributed by atoms with Crippen LogP contribution in [0.25, 0.3) is 0 Å². The molecule has 1 spiro atoms. The molecule has 192 valence electrons. The maximum atomic E-state index is 13.8. The SMILES string of the molecule is CC1=C(N2CCC3(CC4CN(C)CC(C3)N4C[C@H](O)c3ccc4c(c3C)COC4=O)C2=O)COC1=O. The van der Waals surface area contributed by atoms with Crippen LogP contribution in [0, 0.1) is 12.3 Å². The van der Waals surface area contributed by atoms with E-state index < -0.39 is 11.5 Å². The fourth-order valence-corrected chi connectivity index (χ4v) is 7.18. The Labute approximate surface area is 210 Å². The molecule has 0 saturated carbocycles. The maximum absolute atomic E-state index is 13.8. The zero-order valence-electron chi connectivity index (χ0n) is 21.1. The smallest absolute Gasteiger partial charge is 0.338 e. The topological polar surface area (TPSA) is 99.6 Å². The number of hydrogen-bond donors (Lipinski definition) is 1. The summed E-state index contributed by atoms with van der Waals surface area (Å²) in [6, 6.07) is 3.91. The van der Waals surface area contributed by atoms with E-state index in [1.807, 2.05) is 13.0 Å². The average molecular weight is 496 g/mol. The molecule has 6 rings (SSSR count). The lowest BCUT2D eigenvalue weighted by Crippen LogP contribution is -2.65. The van der Waals surface area contributed by atoms with Gasteiger partial charge in [0, 0.05) is 43.8 Å². The first kappa shape index (κ1) is 23.6. The molecule has 5 aliphatic rings. The van der Waals surface area contributed by atoms with Gasteiger partial charge < -0.3 is 24.4 Å². The van der Waals surface area contributed by atoms with E-state index in [1.165, 1.54) is 0 Å². The Hall–Kier alpha value is -2.75. The van der Waals surface area contributed by atoms with Crippen molar-refractivity contribution in [2.45, 2.75) is 57.9 Å². The fraction of sp³-hybridized carbons (Fsp3) is 0.593. The molecule has 3 saturated heterocycles. The summed E-state index contributed by atoms with van der Waals surface area (Å²) in [4.78, 5) is 44.1. The molecular formula is C27H33N3O6. The minimum Gasteiger partial charge on any atom is -0.457 e. The number of carbonyl (C=O) groups excluding carboxylic acids is 3. The second kappa shape index (κ2) is 8.39. The Morgan fingerprint density at radius 3 is 2.42 bits per heavy atom. The molecular weight excluding hydrogens is 462 g/mol. The first-order chi connectivity index (χ1) is 17.2. The highest BCUT2D eigenvalue weighted by Gasteiger charge is 2.56. The second-order valence-corrected chi connectivity index (χ2v) is 11.2. The number of likely N-dealkylation sites (N-methyl/N-ethyl adjacent to an activating group) is 1. The van der Waals surface area contributed by atoms with Crippen LogP contribution >= 0.6 is 0 Å². The number of nitrogens with zero attached hydrogens (tertiary/aromatic N) is 3. The lowest BCUT2D eigenvalue weighted by molar-refractivity contribution is -0.144. The van der Waals surface area contributed by atoms with Gasteiger partial charge in [0.15, 0.2) is 0 Å². The molecule has 2 bridgehead atoms. The van der Waals surface area contributed by atoms with Crippen LogP contribution in [0.5, 0.6) is 0 Å². The molecule has 0 aromatic heterocycles. The van der Waals surface area contributed by atoms with Gasteiger partial charge in [0.05, 0.1) is 28.4 Å². The normalized spacial score (nSPS) is 31.3. The Morgan fingerprint density at radius 1 is 1.06 bits per heavy atom. The van der Waals surface area contributed by atoms with E-state index >= 15 is 0 Å². The summed E-state index contributed by atoms with van der Waals surface area (Å²) in [5, 5.41) is 11.3. The zero-order valence-corrected chi connectivity index (χ0v) is 21.1. The third-order valence-corrected chi connectivity index (χ3v) is 9.10. The van der Waals surface area contributed by atoms with Gasteiger partial charge >= 0.3 is 11.9 Å². The van der Waals surface area contributed by atoms with E-state index in [0.717, 1.165) is 54.7 Å². The molecule has 9 heteroatoms. The molecule has 2 unspecified atom stereocenters. The Kier molecular flexibility index (Phi) is 5.51. The third-order valence-electron chi connectivity index (χ3n) is 9.10. The van der Waals surface area contributed by atoms with Crippen LogP contribution in [0.2, 0.25) is 0 Å². The molecule has 1 N–H and O–H groups in total. The van der Waals surface area contributed by atoms with Crippen molar-refractivity contribution in [3.05, 3.63) is 45.7 Å². The summed E-state index contributed by atoms with van der Waals surface area (Å²) in [6.45, 7) is 6.90. The molecule has 36 heavy (non-hydrogen) atoms. The summed E-state index contributed by atoms with van der Waals surface area (Å²) in [5.74, 6) is -0.518. The highest BCUT2D eigenvalue weighted by molar-refractivity contribution is 5.94. The van der Waals surface area contributed by atoms with E-state index in [0.29, 0.717) is 24.2 Å². The van der Waals surface area contributed by atoms with E-state index in [2.05, 4.69) is 16.8 Å². The van der Waals surface area contributed by atoms with Gasteiger partial charge in [0.25, 0.3) is 0 Å². The van der Waals surface area contributed by atoms with Crippen LogP contribution in [0.1, 0.15) is 59.3 Å². The summed E-state index contributed by atoms with van der Waals surface area (Å²) in [7, 11) is 2.12. The third kappa shape index (κ3) is 3.51. The van der Waals surface area contributed by atoms with Gasteiger partial charge in [0.2, 0.25) is 5.91 Å². The van der Waals surface area contributed by atoms with Gasteiger partial charge in [-0.2, -0.15) is 0 Å². The lowest BCUT2D eigenvalue weighted by Gasteiger charge is -2.54. The predicted octanol–water partition coefficient (Wildman–Crippen LogP) is 1.53. The van der Waals surface area contributed by atoms with E-state index in [1.54, 1.807) is 17.9 Å². The quantitative estimate of drug-likeness (QED) is 0.628. The lowest BCUT2D eigenvalue weighted by atomic mass is 9.69. The van der Waals surface area contributed by atoms with E-state index in [4.69, 9.17) is 9.47 Å². The number of rotatable bonds is 4. The van der Waals surface area contributed by atoms with Gasteiger partial charge in [-0.25, -0.2) is 9.59 Å². The molecule has 1 aromatic rings. The van der Waals surface area contributed by atoms with Crippen LogP contribution in [0.15, 0.2) is 23.4 Å². The van der Waals surface area contributed by atoms with Gasteiger partial charge in [-0.05, 0) is 57.4 Å². The number of aliphatic hydroxyl groups excluding tert-OH is 1. The Balaban J connectivity index is 1.22. The number of fused-ring (bicyclic) bond motifs is 3. The standard InChI is InChI=1S/C27H33N3O6/c1-15-19(4-5-20-21(15)13-35-25(20)33)23(31)12-30-17-8-27(9-18(30)11-28(3)10-17)6-7-29(26(27)34)22-14-36-24(32)16(22)2/h4-5,17-18,23,31H,6-14H2,1-3H3/t17?,18?,23-,27?/m0/s1. The van der Waals surface area contributed by atoms with Crippen LogP contribution in [-0.4, -0.2) is 89.6 Å². The molecule has 0 radical (unpaired) electrons. The number of amides is 1. The van der Waals surface area contributed by atoms with Crippen molar-refractivity contribution < 1.29 is 29.0 Å². The Bertz CT molecular complexity index is 1180. The number of piperazine rings is 1. The molecule has 5 aliphatic heterocycles. The van der Waals surface area contributed by atoms with E-state index in [-0.39, 0.29) is 43.1 Å². The van der Waals surface area contributed by atoms with Crippen molar-refractivity contribution in [3.63, 3.8) is 0 Å². The van der Waals surface area contributed by atoms with Gasteiger partial charge in [-0.1, -0.05) is 6.07 Å². The predicted molar refractivity (Wildman–Crippen MR) is 129 cm³/mol. The van der Waals surface area contributed by atoms with Crippen LogP contribution in [-0.2, 0) is 25.7 Å². The number of esters is 2. The highest BCUT2D eigenvalue weighted by Crippen LogP contribution is 2.49. The molecule has 9 nitrogen and oxygen atoms in total. The van der Waals surface area contributed by atoms with Gasteiger partial charge in [0.1, 0.15) is 13.2 Å². The first-order valence-corrected chi connectivity index (χ1v) is 12.8. The molecule has 1 amide bonds. The van der Waals surface area contributed by atoms with Gasteiger partial charge in [-0.15, -0.1) is 0 Å². The van der Waals surface area contributed by atoms with Crippen LogP contribution in [0.4, 0.5) is 0 Å². The fourth-order valence-electron chi connectivity index (χ4n) is 7.18. The largest absolute Gasteiger partial charge is 0.457 e. The molecule has 3 fully saturated rings. The number of hydrogen-bond acceptors (Lipinski definition) is 8. The number of piperidine rings is 1. The summed E-state index contributed by atoms with van der Waals surface area (Å²) < 4.78 is 10.4. The monoisotopic (exact) mass is 495 g/mol. The zero-order chi connectivity index (χ0) is 25.4. The number of carbonyl (C=O) groups is 3. The average Bonchev–Trinajstić information content (AvgIpc) is 3.47. The van der Waals surface area contributed by atoms with Gasteiger partial charge in [-0.3, -0.25) is 9.69 Å². The van der Waals surface area contributed by atoms with Crippen molar-refractivity contribution in [2.75, 3.05) is 39.8 Å². The molecule has 0 aliphatic carbocycles. The Morgan fingerprint density at radius 2 is 1.75 bits per heavy atom. The van der Waals surface area contributed by atoms with Crippen molar-refractivity contribution >= 4 is 17.8 Å². The molecule has 5 heterocycles. The number of ether oxygens (including phenoxy) is 2. The van der Waals surface area contributed by atoms with Crippen LogP contribution in [0.3, 0.4) is 0 Å². The number of benzene rings is 1. The summed E-state index contributed by atoms with van der Waals surface area (Å²) in [6.07, 6.45) is 1.56. The van der Waals surface area contributed by atoms with Crippen molar-refractivity contribution in [1.82, 2.24) is 14.7 Å². The van der Waals surface area contributed by atoms with Crippen molar-refractivity contribution in [1.29, 1.82) is 0 Å². The molecule has 3 atom stereocenters. The summed E-state index contributed by atoms with van der Waals surface area (Å²) >= 11 is 0. The highest BCUT2D eigenvalue weighted by atomic mass is 16.5. The number of likely N-dealkylation sites (tertiary alicyclic amines) is 2. The van der Waals surface area contributed by atoms with Crippen molar-refractivity contribution in [3.8, 4) is 0 Å². The van der Waals surface area contributed by atoms with Crippen molar-refractivity contribution in [2.24, 2.45) is 5.41 Å².